The first-order valence-corrected chi connectivity index (χ1v) is 10.1. The van der Waals surface area contributed by atoms with Crippen LogP contribution in [0.25, 0.3) is 0 Å². The normalized spacial score (nSPS) is 53.4. The fourth-order valence-corrected chi connectivity index (χ4v) is 4.38. The minimum Gasteiger partial charge on any atom is -0.388 e. The van der Waals surface area contributed by atoms with Crippen molar-refractivity contribution in [2.45, 2.75) is 73.2 Å². The van der Waals surface area contributed by atoms with E-state index in [2.05, 4.69) is 0 Å². The first-order valence-electron chi connectivity index (χ1n) is 10.1. The molecule has 12 atom stereocenters. The van der Waals surface area contributed by atoms with Gasteiger partial charge in [0.05, 0.1) is 39.6 Å². The molecule has 0 bridgehead atoms. The van der Waals surface area contributed by atoms with Crippen LogP contribution in [0, 0.1) is 0 Å². The van der Waals surface area contributed by atoms with Crippen molar-refractivity contribution in [1.82, 2.24) is 0 Å². The third kappa shape index (κ3) is 4.51. The van der Waals surface area contributed by atoms with Crippen LogP contribution < -0.4 is 0 Å². The summed E-state index contributed by atoms with van der Waals surface area (Å²) < 4.78 is 30.5. The van der Waals surface area contributed by atoms with Gasteiger partial charge >= 0.3 is 0 Å². The lowest BCUT2D eigenvalue weighted by Crippen LogP contribution is -2.30. The average molecular weight is 438 g/mol. The summed E-state index contributed by atoms with van der Waals surface area (Å²) >= 11 is 0. The maximum atomic E-state index is 9.16. The molecule has 6 heterocycles. The largest absolute Gasteiger partial charge is 0.388 e. The van der Waals surface area contributed by atoms with Crippen LogP contribution in [0.1, 0.15) is 0 Å². The van der Waals surface area contributed by atoms with E-state index >= 15 is 0 Å². The first-order chi connectivity index (χ1) is 14.4. The fourth-order valence-electron chi connectivity index (χ4n) is 4.38. The molecule has 174 valence electrons. The van der Waals surface area contributed by atoms with Crippen LogP contribution >= 0.6 is 0 Å². The van der Waals surface area contributed by atoms with Gasteiger partial charge in [0.25, 0.3) is 0 Å². The van der Waals surface area contributed by atoms with Crippen molar-refractivity contribution in [3.8, 4) is 0 Å². The van der Waals surface area contributed by atoms with Crippen LogP contribution in [0.2, 0.25) is 0 Å². The standard InChI is InChI=1S/3C6H10O4/c3*7-3-1-9-6-4(8)2-10-5(3)6/h3*3-8H,1-2H2/t3-,4+,5?,6?;2*3-,4-,5?,6?/m.10/s1. The van der Waals surface area contributed by atoms with Gasteiger partial charge in [0.1, 0.15) is 73.2 Å². The number of aliphatic hydroxyl groups is 6. The van der Waals surface area contributed by atoms with Crippen LogP contribution in [0.15, 0.2) is 0 Å². The van der Waals surface area contributed by atoms with E-state index in [-0.39, 0.29) is 76.3 Å². The van der Waals surface area contributed by atoms with Gasteiger partial charge in [-0.25, -0.2) is 0 Å². The summed E-state index contributed by atoms with van der Waals surface area (Å²) in [6.07, 6.45) is -5.10. The summed E-state index contributed by atoms with van der Waals surface area (Å²) in [6.45, 7) is 1.70. The Morgan fingerprint density at radius 2 is 0.433 bits per heavy atom. The van der Waals surface area contributed by atoms with Gasteiger partial charge in [0, 0.05) is 0 Å². The Balaban J connectivity index is 0.000000109. The fraction of sp³-hybridized carbons (Fsp3) is 1.00. The van der Waals surface area contributed by atoms with Gasteiger partial charge in [-0.3, -0.25) is 0 Å². The molecule has 6 saturated heterocycles. The van der Waals surface area contributed by atoms with Gasteiger partial charge < -0.3 is 59.1 Å². The molecule has 0 aromatic heterocycles. The van der Waals surface area contributed by atoms with Crippen LogP contribution in [0.5, 0.6) is 0 Å². The molecule has 12 heteroatoms. The summed E-state index contributed by atoms with van der Waals surface area (Å²) in [6, 6.07) is 0. The Morgan fingerprint density at radius 1 is 0.300 bits per heavy atom. The summed E-state index contributed by atoms with van der Waals surface area (Å²) in [5.41, 5.74) is 0. The zero-order valence-corrected chi connectivity index (χ0v) is 16.3. The molecule has 6 unspecified atom stereocenters. The molecule has 6 aliphatic heterocycles. The van der Waals surface area contributed by atoms with Gasteiger partial charge in [0.2, 0.25) is 0 Å². The molecule has 6 aliphatic rings. The second-order valence-electron chi connectivity index (χ2n) is 8.19. The first kappa shape index (κ1) is 22.7. The SMILES string of the molecule is O[C@@H]1COC2C1OC[C@@H]2O.O[C@@H]1COC2C1OC[C@H]2O.O[C@H]1COC2C1OC[C@@H]2O. The Morgan fingerprint density at radius 3 is 0.567 bits per heavy atom. The van der Waals surface area contributed by atoms with Gasteiger partial charge in [0.15, 0.2) is 0 Å². The number of aliphatic hydroxyl groups excluding tert-OH is 6. The zero-order chi connectivity index (χ0) is 21.4. The average Bonchev–Trinajstić information content (AvgIpc) is 3.52. The van der Waals surface area contributed by atoms with Gasteiger partial charge in [-0.05, 0) is 0 Å². The molecule has 6 N–H and O–H groups in total. The number of rotatable bonds is 0. The molecule has 0 amide bonds. The van der Waals surface area contributed by atoms with E-state index in [4.69, 9.17) is 59.1 Å². The topological polar surface area (TPSA) is 177 Å². The zero-order valence-electron chi connectivity index (χ0n) is 16.3. The van der Waals surface area contributed by atoms with E-state index < -0.39 is 36.6 Å². The van der Waals surface area contributed by atoms with Crippen molar-refractivity contribution in [1.29, 1.82) is 0 Å². The van der Waals surface area contributed by atoms with Crippen LogP contribution in [0.3, 0.4) is 0 Å². The predicted molar refractivity (Wildman–Crippen MR) is 94.5 cm³/mol. The van der Waals surface area contributed by atoms with Crippen molar-refractivity contribution in [2.24, 2.45) is 0 Å². The minimum absolute atomic E-state index is 0.284. The van der Waals surface area contributed by atoms with Gasteiger partial charge in [-0.15, -0.1) is 0 Å². The van der Waals surface area contributed by atoms with E-state index in [1.807, 2.05) is 0 Å². The second-order valence-corrected chi connectivity index (χ2v) is 8.19. The van der Waals surface area contributed by atoms with Crippen LogP contribution in [-0.2, 0) is 28.4 Å². The van der Waals surface area contributed by atoms with E-state index in [1.165, 1.54) is 0 Å². The summed E-state index contributed by atoms with van der Waals surface area (Å²) in [5, 5.41) is 54.9. The summed E-state index contributed by atoms with van der Waals surface area (Å²) in [7, 11) is 0. The number of hydrogen-bond acceptors (Lipinski definition) is 12. The van der Waals surface area contributed by atoms with E-state index in [9.17, 15) is 0 Å². The maximum absolute atomic E-state index is 9.16. The molecule has 6 fully saturated rings. The van der Waals surface area contributed by atoms with Crippen LogP contribution in [-0.4, -0.2) is 144 Å². The summed E-state index contributed by atoms with van der Waals surface area (Å²) in [4.78, 5) is 0. The molecule has 0 aliphatic carbocycles. The third-order valence-corrected chi connectivity index (χ3v) is 6.00. The Labute approximate surface area is 172 Å². The van der Waals surface area contributed by atoms with E-state index in [0.29, 0.717) is 0 Å². The maximum Gasteiger partial charge on any atom is 0.114 e. The highest BCUT2D eigenvalue weighted by Crippen LogP contribution is 2.28. The molecule has 0 saturated carbocycles. The number of fused-ring (bicyclic) bond motifs is 3. The van der Waals surface area contributed by atoms with Gasteiger partial charge in [-0.2, -0.15) is 0 Å². The minimum atomic E-state index is -0.554. The quantitative estimate of drug-likeness (QED) is 0.214. The molecular weight excluding hydrogens is 408 g/mol. The van der Waals surface area contributed by atoms with Gasteiger partial charge in [-0.1, -0.05) is 0 Å². The third-order valence-electron chi connectivity index (χ3n) is 6.00. The highest BCUT2D eigenvalue weighted by atomic mass is 16.6. The van der Waals surface area contributed by atoms with Crippen LogP contribution in [0.4, 0.5) is 0 Å². The Hall–Kier alpha value is -0.480. The van der Waals surface area contributed by atoms with E-state index in [0.717, 1.165) is 0 Å². The van der Waals surface area contributed by atoms with Crippen molar-refractivity contribution in [3.05, 3.63) is 0 Å². The predicted octanol–water partition coefficient (Wildman–Crippen LogP) is -4.48. The lowest BCUT2D eigenvalue weighted by Gasteiger charge is -2.09. The molecule has 0 spiro atoms. The lowest BCUT2D eigenvalue weighted by atomic mass is 10.1. The lowest BCUT2D eigenvalue weighted by molar-refractivity contribution is 0.00201. The highest BCUT2D eigenvalue weighted by molar-refractivity contribution is 4.95. The molecule has 0 radical (unpaired) electrons. The smallest absolute Gasteiger partial charge is 0.114 e. The van der Waals surface area contributed by atoms with Crippen molar-refractivity contribution >= 4 is 0 Å². The molecule has 12 nitrogen and oxygen atoms in total. The van der Waals surface area contributed by atoms with Crippen molar-refractivity contribution in [3.63, 3.8) is 0 Å². The molecule has 0 aromatic rings. The monoisotopic (exact) mass is 438 g/mol. The molecule has 6 rings (SSSR count). The number of ether oxygens (including phenoxy) is 6. The Bertz CT molecular complexity index is 441. The highest BCUT2D eigenvalue weighted by Gasteiger charge is 2.47. The van der Waals surface area contributed by atoms with Crippen molar-refractivity contribution in [2.75, 3.05) is 39.6 Å². The molecular formula is C18H30O12. The van der Waals surface area contributed by atoms with E-state index in [1.54, 1.807) is 0 Å². The number of hydrogen-bond donors (Lipinski definition) is 6. The van der Waals surface area contributed by atoms with Crippen molar-refractivity contribution < 1.29 is 59.1 Å². The molecule has 30 heavy (non-hydrogen) atoms. The second kappa shape index (κ2) is 9.57. The Kier molecular flexibility index (Phi) is 7.24. The summed E-state index contributed by atoms with van der Waals surface area (Å²) in [5.74, 6) is 0. The molecule has 0 aromatic carbocycles.